The first-order valence-electron chi connectivity index (χ1n) is 8.40. The van der Waals surface area contributed by atoms with E-state index >= 15 is 0 Å². The molecule has 7 heteroatoms. The highest BCUT2D eigenvalue weighted by Crippen LogP contribution is 2.25. The zero-order valence-corrected chi connectivity index (χ0v) is 14.9. The minimum atomic E-state index is -0.294. The summed E-state index contributed by atoms with van der Waals surface area (Å²) in [6.07, 6.45) is 4.80. The lowest BCUT2D eigenvalue weighted by atomic mass is 10.0. The number of aromatic amines is 1. The number of methoxy groups -OCH3 is 1. The van der Waals surface area contributed by atoms with Gasteiger partial charge in [-0.25, -0.2) is 4.98 Å². The Morgan fingerprint density at radius 3 is 2.62 bits per heavy atom. The fourth-order valence-electron chi connectivity index (χ4n) is 2.90. The molecule has 0 fully saturated rings. The van der Waals surface area contributed by atoms with Crippen LogP contribution in [0.15, 0.2) is 36.8 Å². The molecular weight excluding hydrogens is 332 g/mol. The summed E-state index contributed by atoms with van der Waals surface area (Å²) in [5.74, 6) is -0.427. The summed E-state index contributed by atoms with van der Waals surface area (Å²) in [6.45, 7) is 4.82. The number of ketones is 1. The van der Waals surface area contributed by atoms with Crippen molar-refractivity contribution in [1.29, 1.82) is 0 Å². The van der Waals surface area contributed by atoms with E-state index in [0.717, 1.165) is 10.9 Å². The quantitative estimate of drug-likeness (QED) is 0.689. The third-order valence-electron chi connectivity index (χ3n) is 4.28. The summed E-state index contributed by atoms with van der Waals surface area (Å²) in [7, 11) is 1.43. The molecule has 3 heterocycles. The fraction of sp³-hybridized carbons (Fsp3) is 0.263. The Labute approximate surface area is 151 Å². The number of H-pyrrole nitrogens is 1. The van der Waals surface area contributed by atoms with Gasteiger partial charge in [0, 0.05) is 48.1 Å². The van der Waals surface area contributed by atoms with Crippen LogP contribution in [0.4, 0.5) is 0 Å². The minimum Gasteiger partial charge on any atom is -0.480 e. The van der Waals surface area contributed by atoms with Gasteiger partial charge in [0.1, 0.15) is 5.56 Å². The van der Waals surface area contributed by atoms with Gasteiger partial charge >= 0.3 is 0 Å². The van der Waals surface area contributed by atoms with E-state index in [1.807, 2.05) is 13.8 Å². The van der Waals surface area contributed by atoms with Crippen molar-refractivity contribution in [3.8, 4) is 5.88 Å². The number of hydrogen-bond acceptors (Lipinski definition) is 5. The monoisotopic (exact) mass is 352 g/mol. The number of hydrogen-bond donors (Lipinski definition) is 1. The normalized spacial score (nSPS) is 10.7. The van der Waals surface area contributed by atoms with Gasteiger partial charge in [-0.1, -0.05) is 0 Å². The van der Waals surface area contributed by atoms with Crippen molar-refractivity contribution in [3.63, 3.8) is 0 Å². The summed E-state index contributed by atoms with van der Waals surface area (Å²) >= 11 is 0. The van der Waals surface area contributed by atoms with E-state index in [1.165, 1.54) is 13.3 Å². The molecule has 0 aliphatic heterocycles. The number of fused-ring (bicyclic) bond motifs is 1. The molecule has 3 rings (SSSR count). The molecule has 26 heavy (non-hydrogen) atoms. The second-order valence-corrected chi connectivity index (χ2v) is 5.70. The molecule has 0 aromatic carbocycles. The molecule has 0 atom stereocenters. The number of pyridine rings is 2. The van der Waals surface area contributed by atoms with Crippen LogP contribution in [0.25, 0.3) is 10.9 Å². The molecule has 0 unspecified atom stereocenters. The Hall–Kier alpha value is -3.22. The molecule has 0 saturated carbocycles. The average molecular weight is 352 g/mol. The summed E-state index contributed by atoms with van der Waals surface area (Å²) in [6, 6.07) is 5.07. The largest absolute Gasteiger partial charge is 0.480 e. The van der Waals surface area contributed by atoms with Crippen LogP contribution >= 0.6 is 0 Å². The first-order chi connectivity index (χ1) is 12.6. The van der Waals surface area contributed by atoms with Crippen molar-refractivity contribution in [3.05, 3.63) is 53.6 Å². The van der Waals surface area contributed by atoms with E-state index in [1.54, 1.807) is 35.5 Å². The third-order valence-corrected chi connectivity index (χ3v) is 4.28. The average Bonchev–Trinajstić information content (AvgIpc) is 3.11. The van der Waals surface area contributed by atoms with E-state index in [0.29, 0.717) is 18.8 Å². The number of aromatic nitrogens is 3. The SMILES string of the molecule is CCN(CC)C(=O)c1c(C(=O)c2cc3cnccc3[nH]2)ccnc1OC. The van der Waals surface area contributed by atoms with Crippen LogP contribution in [0.3, 0.4) is 0 Å². The number of carbonyl (C=O) groups is 2. The Balaban J connectivity index is 2.11. The van der Waals surface area contributed by atoms with E-state index in [2.05, 4.69) is 15.0 Å². The maximum atomic E-state index is 13.1. The molecule has 7 nitrogen and oxygen atoms in total. The first-order valence-corrected chi connectivity index (χ1v) is 8.40. The summed E-state index contributed by atoms with van der Waals surface area (Å²) in [4.78, 5) is 38.9. The molecule has 0 aliphatic carbocycles. The van der Waals surface area contributed by atoms with Crippen LogP contribution in [0.5, 0.6) is 5.88 Å². The van der Waals surface area contributed by atoms with Crippen molar-refractivity contribution in [1.82, 2.24) is 19.9 Å². The van der Waals surface area contributed by atoms with Gasteiger partial charge < -0.3 is 14.6 Å². The van der Waals surface area contributed by atoms with Gasteiger partial charge in [-0.05, 0) is 32.0 Å². The molecule has 0 bridgehead atoms. The predicted octanol–water partition coefficient (Wildman–Crippen LogP) is 2.68. The Bertz CT molecular complexity index is 927. The van der Waals surface area contributed by atoms with Gasteiger partial charge in [0.2, 0.25) is 11.7 Å². The zero-order chi connectivity index (χ0) is 18.7. The molecule has 0 aliphatic rings. The lowest BCUT2D eigenvalue weighted by molar-refractivity contribution is 0.0764. The lowest BCUT2D eigenvalue weighted by Gasteiger charge is -2.21. The molecule has 1 N–H and O–H groups in total. The van der Waals surface area contributed by atoms with Crippen LogP contribution in [0.1, 0.15) is 40.3 Å². The van der Waals surface area contributed by atoms with Gasteiger partial charge in [-0.2, -0.15) is 0 Å². The van der Waals surface area contributed by atoms with Crippen molar-refractivity contribution in [2.75, 3.05) is 20.2 Å². The topological polar surface area (TPSA) is 88.2 Å². The second kappa shape index (κ2) is 7.35. The smallest absolute Gasteiger partial charge is 0.260 e. The molecule has 1 amide bonds. The van der Waals surface area contributed by atoms with E-state index in [9.17, 15) is 9.59 Å². The molecule has 0 spiro atoms. The fourth-order valence-corrected chi connectivity index (χ4v) is 2.90. The van der Waals surface area contributed by atoms with Crippen LogP contribution in [-0.4, -0.2) is 51.7 Å². The van der Waals surface area contributed by atoms with E-state index in [4.69, 9.17) is 4.74 Å². The van der Waals surface area contributed by atoms with Crippen LogP contribution < -0.4 is 4.74 Å². The molecule has 3 aromatic heterocycles. The molecule has 3 aromatic rings. The predicted molar refractivity (Wildman–Crippen MR) is 97.6 cm³/mol. The summed E-state index contributed by atoms with van der Waals surface area (Å²) < 4.78 is 5.26. The van der Waals surface area contributed by atoms with Crippen molar-refractivity contribution in [2.24, 2.45) is 0 Å². The number of nitrogens with zero attached hydrogens (tertiary/aromatic N) is 3. The first kappa shape index (κ1) is 17.6. The second-order valence-electron chi connectivity index (χ2n) is 5.70. The highest BCUT2D eigenvalue weighted by molar-refractivity contribution is 6.16. The summed E-state index contributed by atoms with van der Waals surface area (Å²) in [5.41, 5.74) is 1.63. The number of amides is 1. The molecule has 0 saturated heterocycles. The maximum absolute atomic E-state index is 13.1. The van der Waals surface area contributed by atoms with Gasteiger partial charge in [-0.15, -0.1) is 0 Å². The molecule has 134 valence electrons. The van der Waals surface area contributed by atoms with Crippen molar-refractivity contribution >= 4 is 22.6 Å². The van der Waals surface area contributed by atoms with Gasteiger partial charge in [0.15, 0.2) is 0 Å². The van der Waals surface area contributed by atoms with E-state index in [-0.39, 0.29) is 28.7 Å². The number of rotatable bonds is 6. The number of ether oxygens (including phenoxy) is 1. The standard InChI is InChI=1S/C19H20N4O3/c1-4-23(5-2)19(25)16-13(6-9-21-18(16)26-3)17(24)15-10-12-11-20-8-7-14(12)22-15/h6-11,22H,4-5H2,1-3H3. The lowest BCUT2D eigenvalue weighted by Crippen LogP contribution is -2.32. The van der Waals surface area contributed by atoms with Gasteiger partial charge in [0.05, 0.1) is 12.8 Å². The highest BCUT2D eigenvalue weighted by atomic mass is 16.5. The Morgan fingerprint density at radius 2 is 1.96 bits per heavy atom. The minimum absolute atomic E-state index is 0.144. The Morgan fingerprint density at radius 1 is 1.19 bits per heavy atom. The molecule has 0 radical (unpaired) electrons. The van der Waals surface area contributed by atoms with Gasteiger partial charge in [0.25, 0.3) is 5.91 Å². The van der Waals surface area contributed by atoms with Crippen LogP contribution in [-0.2, 0) is 0 Å². The van der Waals surface area contributed by atoms with Crippen molar-refractivity contribution < 1.29 is 14.3 Å². The van der Waals surface area contributed by atoms with Crippen LogP contribution in [0, 0.1) is 0 Å². The number of carbonyl (C=O) groups excluding carboxylic acids is 2. The maximum Gasteiger partial charge on any atom is 0.260 e. The number of nitrogens with one attached hydrogen (secondary N) is 1. The van der Waals surface area contributed by atoms with Crippen molar-refractivity contribution in [2.45, 2.75) is 13.8 Å². The summed E-state index contributed by atoms with van der Waals surface area (Å²) in [5, 5.41) is 0.827. The van der Waals surface area contributed by atoms with Crippen LogP contribution in [0.2, 0.25) is 0 Å². The highest BCUT2D eigenvalue weighted by Gasteiger charge is 2.27. The zero-order valence-electron chi connectivity index (χ0n) is 14.9. The van der Waals surface area contributed by atoms with E-state index < -0.39 is 0 Å². The third kappa shape index (κ3) is 3.03. The van der Waals surface area contributed by atoms with Gasteiger partial charge in [-0.3, -0.25) is 14.6 Å². The Kier molecular flexibility index (Phi) is 4.97. The molecular formula is C19H20N4O3.